The molecule has 0 saturated heterocycles. The summed E-state index contributed by atoms with van der Waals surface area (Å²) in [6.07, 6.45) is 3.41. The Bertz CT molecular complexity index is 780. The molecule has 5 nitrogen and oxygen atoms in total. The van der Waals surface area contributed by atoms with Crippen molar-refractivity contribution in [3.05, 3.63) is 47.8 Å². The van der Waals surface area contributed by atoms with Gasteiger partial charge in [0.2, 0.25) is 12.7 Å². The molecule has 2 aromatic rings. The lowest BCUT2D eigenvalue weighted by Gasteiger charge is -2.16. The molecule has 1 N–H and O–H groups in total. The summed E-state index contributed by atoms with van der Waals surface area (Å²) in [5.41, 5.74) is 2.27. The minimum absolute atomic E-state index is 0.0143. The quantitative estimate of drug-likeness (QED) is 0.933. The monoisotopic (exact) mass is 324 g/mol. The van der Waals surface area contributed by atoms with E-state index in [1.54, 1.807) is 6.20 Å². The maximum absolute atomic E-state index is 12.8. The number of nitrogens with zero attached hydrogens (tertiary/aromatic N) is 1. The van der Waals surface area contributed by atoms with E-state index in [1.165, 1.54) is 0 Å². The second kappa shape index (κ2) is 5.51. The summed E-state index contributed by atoms with van der Waals surface area (Å²) in [7, 11) is 0. The summed E-state index contributed by atoms with van der Waals surface area (Å²) >= 11 is 0. The van der Waals surface area contributed by atoms with Gasteiger partial charge in [0.05, 0.1) is 17.3 Å². The molecular formula is C19H20N2O3. The summed E-state index contributed by atoms with van der Waals surface area (Å²) in [5.74, 6) is 1.84. The molecule has 0 spiro atoms. The average Bonchev–Trinajstić information content (AvgIpc) is 3.27. The fourth-order valence-electron chi connectivity index (χ4n) is 3.04. The Morgan fingerprint density at radius 2 is 1.96 bits per heavy atom. The molecular weight excluding hydrogens is 304 g/mol. The molecule has 2 aliphatic rings. The van der Waals surface area contributed by atoms with Crippen molar-refractivity contribution in [2.24, 2.45) is 0 Å². The van der Waals surface area contributed by atoms with Crippen LogP contribution in [0.15, 0.2) is 36.5 Å². The van der Waals surface area contributed by atoms with Crippen LogP contribution in [0, 0.1) is 0 Å². The van der Waals surface area contributed by atoms with Crippen LogP contribution in [0.2, 0.25) is 0 Å². The van der Waals surface area contributed by atoms with Gasteiger partial charge in [-0.3, -0.25) is 9.78 Å². The molecule has 1 aliphatic heterocycles. The maximum Gasteiger partial charge on any atom is 0.235 e. The van der Waals surface area contributed by atoms with Crippen molar-refractivity contribution in [2.75, 3.05) is 12.1 Å². The van der Waals surface area contributed by atoms with Crippen molar-refractivity contribution < 1.29 is 14.3 Å². The average molecular weight is 324 g/mol. The Hall–Kier alpha value is -2.56. The second-order valence-electron chi connectivity index (χ2n) is 6.73. The number of pyridine rings is 1. The Balaban J connectivity index is 1.53. The first-order valence-electron chi connectivity index (χ1n) is 8.26. The van der Waals surface area contributed by atoms with Gasteiger partial charge in [0.15, 0.2) is 11.5 Å². The smallest absolute Gasteiger partial charge is 0.235 e. The third kappa shape index (κ3) is 2.50. The number of benzene rings is 1. The van der Waals surface area contributed by atoms with Crippen LogP contribution in [0.4, 0.5) is 5.69 Å². The number of carbonyl (C=O) groups is 1. The predicted octanol–water partition coefficient (Wildman–Crippen LogP) is 3.60. The Kier molecular flexibility index (Phi) is 3.44. The Morgan fingerprint density at radius 1 is 1.17 bits per heavy atom. The summed E-state index contributed by atoms with van der Waals surface area (Å²) in [5, 5.41) is 3.00. The van der Waals surface area contributed by atoms with Crippen molar-refractivity contribution in [3.63, 3.8) is 0 Å². The summed E-state index contributed by atoms with van der Waals surface area (Å²) in [6.45, 7) is 4.44. The number of amides is 1. The molecule has 124 valence electrons. The van der Waals surface area contributed by atoms with Crippen LogP contribution in [-0.4, -0.2) is 17.7 Å². The molecule has 0 radical (unpaired) electrons. The standard InChI is InChI=1S/C19H20N2O3/c1-12(2)15-5-4-14(10-20-15)21-18(22)19(7-8-19)13-3-6-16-17(9-13)24-11-23-16/h3-6,9-10,12H,7-8,11H2,1-2H3,(H,21,22). The van der Waals surface area contributed by atoms with Gasteiger partial charge in [-0.15, -0.1) is 0 Å². The molecule has 1 fully saturated rings. The van der Waals surface area contributed by atoms with Gasteiger partial charge in [-0.25, -0.2) is 0 Å². The van der Waals surface area contributed by atoms with E-state index < -0.39 is 5.41 Å². The van der Waals surface area contributed by atoms with E-state index in [4.69, 9.17) is 9.47 Å². The van der Waals surface area contributed by atoms with Gasteiger partial charge in [0.25, 0.3) is 0 Å². The van der Waals surface area contributed by atoms with Gasteiger partial charge in [-0.2, -0.15) is 0 Å². The fourth-order valence-corrected chi connectivity index (χ4v) is 3.04. The van der Waals surface area contributed by atoms with Crippen molar-refractivity contribution in [1.29, 1.82) is 0 Å². The van der Waals surface area contributed by atoms with Crippen molar-refractivity contribution >= 4 is 11.6 Å². The van der Waals surface area contributed by atoms with Crippen LogP contribution in [0.3, 0.4) is 0 Å². The number of anilines is 1. The molecule has 0 bridgehead atoms. The lowest BCUT2D eigenvalue weighted by Crippen LogP contribution is -2.27. The van der Waals surface area contributed by atoms with Crippen LogP contribution in [0.5, 0.6) is 11.5 Å². The first kappa shape index (κ1) is 15.0. The molecule has 24 heavy (non-hydrogen) atoms. The van der Waals surface area contributed by atoms with E-state index in [0.717, 1.165) is 41.3 Å². The highest BCUT2D eigenvalue weighted by Crippen LogP contribution is 2.51. The molecule has 0 atom stereocenters. The van der Waals surface area contributed by atoms with Crippen LogP contribution >= 0.6 is 0 Å². The SMILES string of the molecule is CC(C)c1ccc(NC(=O)C2(c3ccc4c(c3)OCO4)CC2)cn1. The minimum Gasteiger partial charge on any atom is -0.454 e. The van der Waals surface area contributed by atoms with Gasteiger partial charge < -0.3 is 14.8 Å². The van der Waals surface area contributed by atoms with Crippen LogP contribution in [0.25, 0.3) is 0 Å². The molecule has 1 amide bonds. The zero-order valence-electron chi connectivity index (χ0n) is 13.8. The predicted molar refractivity (Wildman–Crippen MR) is 90.4 cm³/mol. The second-order valence-corrected chi connectivity index (χ2v) is 6.73. The summed E-state index contributed by atoms with van der Waals surface area (Å²) in [4.78, 5) is 17.2. The molecule has 1 aliphatic carbocycles. The van der Waals surface area contributed by atoms with E-state index in [2.05, 4.69) is 24.1 Å². The fraction of sp³-hybridized carbons (Fsp3) is 0.368. The van der Waals surface area contributed by atoms with Crippen LogP contribution < -0.4 is 14.8 Å². The number of hydrogen-bond donors (Lipinski definition) is 1. The lowest BCUT2D eigenvalue weighted by atomic mass is 9.94. The maximum atomic E-state index is 12.8. The largest absolute Gasteiger partial charge is 0.454 e. The molecule has 2 heterocycles. The van der Waals surface area contributed by atoms with Gasteiger partial charge in [0, 0.05) is 5.69 Å². The summed E-state index contributed by atoms with van der Waals surface area (Å²) in [6, 6.07) is 9.63. The van der Waals surface area contributed by atoms with Gasteiger partial charge >= 0.3 is 0 Å². The molecule has 4 rings (SSSR count). The van der Waals surface area contributed by atoms with E-state index in [9.17, 15) is 4.79 Å². The molecule has 1 aromatic heterocycles. The van der Waals surface area contributed by atoms with Crippen LogP contribution in [0.1, 0.15) is 43.9 Å². The van der Waals surface area contributed by atoms with Gasteiger partial charge in [-0.05, 0) is 48.6 Å². The van der Waals surface area contributed by atoms with Crippen molar-refractivity contribution in [1.82, 2.24) is 4.98 Å². The third-order valence-electron chi connectivity index (χ3n) is 4.75. The Labute approximate surface area is 141 Å². The zero-order chi connectivity index (χ0) is 16.7. The van der Waals surface area contributed by atoms with Crippen molar-refractivity contribution in [3.8, 4) is 11.5 Å². The number of ether oxygens (including phenoxy) is 2. The molecule has 5 heteroatoms. The number of rotatable bonds is 4. The number of aromatic nitrogens is 1. The van der Waals surface area contributed by atoms with E-state index in [-0.39, 0.29) is 12.7 Å². The Morgan fingerprint density at radius 3 is 2.62 bits per heavy atom. The molecule has 0 unspecified atom stereocenters. The first-order valence-corrected chi connectivity index (χ1v) is 8.26. The topological polar surface area (TPSA) is 60.5 Å². The van der Waals surface area contributed by atoms with E-state index in [0.29, 0.717) is 5.92 Å². The third-order valence-corrected chi connectivity index (χ3v) is 4.75. The van der Waals surface area contributed by atoms with Crippen molar-refractivity contribution in [2.45, 2.75) is 38.0 Å². The molecule has 1 saturated carbocycles. The number of fused-ring (bicyclic) bond motifs is 1. The highest BCUT2D eigenvalue weighted by Gasteiger charge is 2.51. The summed E-state index contributed by atoms with van der Waals surface area (Å²) < 4.78 is 10.8. The molecule has 1 aromatic carbocycles. The number of hydrogen-bond acceptors (Lipinski definition) is 4. The van der Waals surface area contributed by atoms with Gasteiger partial charge in [0.1, 0.15) is 0 Å². The van der Waals surface area contributed by atoms with E-state index in [1.807, 2.05) is 30.3 Å². The lowest BCUT2D eigenvalue weighted by molar-refractivity contribution is -0.118. The van der Waals surface area contributed by atoms with E-state index >= 15 is 0 Å². The first-order chi connectivity index (χ1) is 11.6. The minimum atomic E-state index is -0.461. The highest BCUT2D eigenvalue weighted by molar-refractivity contribution is 6.01. The normalized spacial score (nSPS) is 17.0. The zero-order valence-corrected chi connectivity index (χ0v) is 13.8. The van der Waals surface area contributed by atoms with Gasteiger partial charge in [-0.1, -0.05) is 19.9 Å². The number of carbonyl (C=O) groups excluding carboxylic acids is 1. The van der Waals surface area contributed by atoms with Crippen LogP contribution in [-0.2, 0) is 10.2 Å². The highest BCUT2D eigenvalue weighted by atomic mass is 16.7. The number of nitrogens with one attached hydrogen (secondary N) is 1.